The Hall–Kier alpha value is -2.85. The van der Waals surface area contributed by atoms with Crippen molar-refractivity contribution in [1.29, 1.82) is 0 Å². The lowest BCUT2D eigenvalue weighted by atomic mass is 10.2. The van der Waals surface area contributed by atoms with Gasteiger partial charge in [0.05, 0.1) is 40.1 Å². The van der Waals surface area contributed by atoms with Crippen molar-refractivity contribution in [2.24, 2.45) is 0 Å². The molecule has 2 N–H and O–H groups in total. The van der Waals surface area contributed by atoms with Gasteiger partial charge >= 0.3 is 0 Å². The van der Waals surface area contributed by atoms with Crippen LogP contribution in [0.3, 0.4) is 0 Å². The van der Waals surface area contributed by atoms with E-state index in [1.807, 2.05) is 0 Å². The number of fused-ring (bicyclic) bond motifs is 1. The number of nitro benzene ring substituents is 1. The Morgan fingerprint density at radius 3 is 3.00 bits per heavy atom. The van der Waals surface area contributed by atoms with Crippen LogP contribution in [-0.4, -0.2) is 38.6 Å². The second-order valence-electron chi connectivity index (χ2n) is 5.05. The van der Waals surface area contributed by atoms with E-state index in [1.165, 1.54) is 43.3 Å². The number of nitrogens with one attached hydrogen (secondary N) is 2. The third kappa shape index (κ3) is 4.03. The molecule has 0 aliphatic carbocycles. The Labute approximate surface area is 156 Å². The van der Waals surface area contributed by atoms with E-state index >= 15 is 0 Å². The molecule has 2 aromatic heterocycles. The number of amides is 1. The number of halogens is 1. The molecule has 3 rings (SSSR count). The highest BCUT2D eigenvalue weighted by Gasteiger charge is 2.14. The number of non-ortho nitro benzene ring substituents is 1. The van der Waals surface area contributed by atoms with Crippen molar-refractivity contribution >= 4 is 51.8 Å². The molecule has 1 amide bonds. The molecular formula is C15H12ClN5O4S. The summed E-state index contributed by atoms with van der Waals surface area (Å²) in [5.74, 6) is -0.0259. The van der Waals surface area contributed by atoms with Gasteiger partial charge < -0.3 is 15.0 Å². The summed E-state index contributed by atoms with van der Waals surface area (Å²) >= 11 is 7.06. The molecule has 0 spiro atoms. The summed E-state index contributed by atoms with van der Waals surface area (Å²) in [7, 11) is 1.37. The molecule has 3 aromatic rings. The van der Waals surface area contributed by atoms with Crippen LogP contribution < -0.4 is 10.1 Å². The van der Waals surface area contributed by atoms with E-state index in [0.717, 1.165) is 0 Å². The lowest BCUT2D eigenvalue weighted by Crippen LogP contribution is -2.14. The topological polar surface area (TPSA) is 123 Å². The van der Waals surface area contributed by atoms with E-state index < -0.39 is 4.92 Å². The second-order valence-corrected chi connectivity index (χ2v) is 6.45. The SMILES string of the molecule is COc1cc([N+](=O)[O-])ccc1NC(=O)CSc1nc2ncc(Cl)cc2[nH]1. The van der Waals surface area contributed by atoms with E-state index in [4.69, 9.17) is 16.3 Å². The molecule has 9 nitrogen and oxygen atoms in total. The zero-order valence-electron chi connectivity index (χ0n) is 13.4. The Kier molecular flexibility index (Phi) is 5.24. The van der Waals surface area contributed by atoms with Gasteiger partial charge in [0.1, 0.15) is 5.75 Å². The summed E-state index contributed by atoms with van der Waals surface area (Å²) in [6.07, 6.45) is 1.49. The van der Waals surface area contributed by atoms with Crippen molar-refractivity contribution in [2.45, 2.75) is 5.16 Å². The number of H-pyrrole nitrogens is 1. The maximum Gasteiger partial charge on any atom is 0.273 e. The number of hydrogen-bond donors (Lipinski definition) is 2. The summed E-state index contributed by atoms with van der Waals surface area (Å²) in [6.45, 7) is 0. The number of benzene rings is 1. The molecule has 2 heterocycles. The number of hydrogen-bond acceptors (Lipinski definition) is 7. The molecule has 0 fully saturated rings. The monoisotopic (exact) mass is 393 g/mol. The molecule has 0 aliphatic rings. The maximum atomic E-state index is 12.1. The van der Waals surface area contributed by atoms with Crippen LogP contribution in [0.1, 0.15) is 0 Å². The fourth-order valence-electron chi connectivity index (χ4n) is 2.14. The van der Waals surface area contributed by atoms with Gasteiger partial charge in [0.25, 0.3) is 5.69 Å². The van der Waals surface area contributed by atoms with Crippen molar-refractivity contribution in [3.05, 3.63) is 45.6 Å². The highest BCUT2D eigenvalue weighted by atomic mass is 35.5. The highest BCUT2D eigenvalue weighted by molar-refractivity contribution is 7.99. The van der Waals surface area contributed by atoms with Gasteiger partial charge in [-0.15, -0.1) is 0 Å². The standard InChI is InChI=1S/C15H12ClN5O4S/c1-25-12-5-9(21(23)24)2-3-10(12)18-13(22)7-26-15-19-11-4-8(16)6-17-14(11)20-15/h2-6H,7H2,1H3,(H,18,22)(H,17,19,20). The van der Waals surface area contributed by atoms with Gasteiger partial charge in [-0.3, -0.25) is 14.9 Å². The lowest BCUT2D eigenvalue weighted by Gasteiger charge is -2.09. The number of nitrogens with zero attached hydrogens (tertiary/aromatic N) is 3. The molecule has 0 saturated heterocycles. The number of thioether (sulfide) groups is 1. The summed E-state index contributed by atoms with van der Waals surface area (Å²) in [5.41, 5.74) is 1.41. The number of aromatic nitrogens is 3. The number of carbonyl (C=O) groups excluding carboxylic acids is 1. The number of ether oxygens (including phenoxy) is 1. The third-order valence-electron chi connectivity index (χ3n) is 3.29. The molecule has 0 bridgehead atoms. The smallest absolute Gasteiger partial charge is 0.273 e. The summed E-state index contributed by atoms with van der Waals surface area (Å²) in [6, 6.07) is 5.66. The first-order valence-electron chi connectivity index (χ1n) is 7.22. The van der Waals surface area contributed by atoms with Gasteiger partial charge in [-0.25, -0.2) is 9.97 Å². The Balaban J connectivity index is 1.65. The number of carbonyl (C=O) groups is 1. The molecule has 1 aromatic carbocycles. The fourth-order valence-corrected chi connectivity index (χ4v) is 2.97. The molecule has 26 heavy (non-hydrogen) atoms. The average Bonchev–Trinajstić information content (AvgIpc) is 3.02. The zero-order chi connectivity index (χ0) is 18.7. The summed E-state index contributed by atoms with van der Waals surface area (Å²) < 4.78 is 5.09. The number of nitro groups is 1. The summed E-state index contributed by atoms with van der Waals surface area (Å²) in [4.78, 5) is 33.8. The van der Waals surface area contributed by atoms with Gasteiger partial charge in [0, 0.05) is 12.3 Å². The van der Waals surface area contributed by atoms with Crippen molar-refractivity contribution in [2.75, 3.05) is 18.2 Å². The largest absolute Gasteiger partial charge is 0.494 e. The van der Waals surface area contributed by atoms with Gasteiger partial charge in [0.2, 0.25) is 5.91 Å². The molecular weight excluding hydrogens is 382 g/mol. The molecule has 0 saturated carbocycles. The van der Waals surface area contributed by atoms with Crippen LogP contribution in [0.4, 0.5) is 11.4 Å². The van der Waals surface area contributed by atoms with E-state index in [0.29, 0.717) is 27.0 Å². The predicted molar refractivity (Wildman–Crippen MR) is 97.9 cm³/mol. The van der Waals surface area contributed by atoms with Crippen LogP contribution >= 0.6 is 23.4 Å². The van der Waals surface area contributed by atoms with Crippen molar-refractivity contribution in [1.82, 2.24) is 15.0 Å². The van der Waals surface area contributed by atoms with E-state index in [2.05, 4.69) is 20.3 Å². The van der Waals surface area contributed by atoms with Crippen LogP contribution in [0.2, 0.25) is 5.02 Å². The summed E-state index contributed by atoms with van der Waals surface area (Å²) in [5, 5.41) is 14.5. The zero-order valence-corrected chi connectivity index (χ0v) is 14.9. The van der Waals surface area contributed by atoms with Gasteiger partial charge in [0.15, 0.2) is 10.8 Å². The van der Waals surface area contributed by atoms with Gasteiger partial charge in [-0.05, 0) is 12.1 Å². The maximum absolute atomic E-state index is 12.1. The number of aromatic amines is 1. The molecule has 11 heteroatoms. The Bertz CT molecular complexity index is 993. The molecule has 0 aliphatic heterocycles. The van der Waals surface area contributed by atoms with Crippen molar-refractivity contribution in [3.8, 4) is 5.75 Å². The number of rotatable bonds is 6. The molecule has 0 radical (unpaired) electrons. The minimum Gasteiger partial charge on any atom is -0.494 e. The highest BCUT2D eigenvalue weighted by Crippen LogP contribution is 2.29. The number of methoxy groups -OCH3 is 1. The van der Waals surface area contributed by atoms with Crippen LogP contribution in [0, 0.1) is 10.1 Å². The van der Waals surface area contributed by atoms with Gasteiger partial charge in [-0.2, -0.15) is 0 Å². The number of pyridine rings is 1. The minimum atomic E-state index is -0.536. The minimum absolute atomic E-state index is 0.0771. The third-order valence-corrected chi connectivity index (χ3v) is 4.37. The lowest BCUT2D eigenvalue weighted by molar-refractivity contribution is -0.384. The first kappa shape index (κ1) is 18.0. The van der Waals surface area contributed by atoms with Crippen molar-refractivity contribution in [3.63, 3.8) is 0 Å². The quantitative estimate of drug-likeness (QED) is 0.374. The van der Waals surface area contributed by atoms with Crippen LogP contribution in [0.25, 0.3) is 11.2 Å². The fraction of sp³-hybridized carbons (Fsp3) is 0.133. The normalized spacial score (nSPS) is 10.7. The van der Waals surface area contributed by atoms with E-state index in [1.54, 1.807) is 6.07 Å². The predicted octanol–water partition coefficient (Wildman–Crippen LogP) is 3.26. The molecule has 0 atom stereocenters. The van der Waals surface area contributed by atoms with E-state index in [-0.39, 0.29) is 23.1 Å². The Morgan fingerprint density at radius 2 is 2.27 bits per heavy atom. The second kappa shape index (κ2) is 7.58. The van der Waals surface area contributed by atoms with Crippen LogP contribution in [-0.2, 0) is 4.79 Å². The molecule has 0 unspecified atom stereocenters. The van der Waals surface area contributed by atoms with Crippen LogP contribution in [0.5, 0.6) is 5.75 Å². The number of imidazole rings is 1. The molecule has 134 valence electrons. The van der Waals surface area contributed by atoms with Crippen molar-refractivity contribution < 1.29 is 14.5 Å². The number of anilines is 1. The first-order valence-corrected chi connectivity index (χ1v) is 8.59. The Morgan fingerprint density at radius 1 is 1.46 bits per heavy atom. The van der Waals surface area contributed by atoms with E-state index in [9.17, 15) is 14.9 Å². The van der Waals surface area contributed by atoms with Gasteiger partial charge in [-0.1, -0.05) is 23.4 Å². The van der Waals surface area contributed by atoms with Crippen LogP contribution in [0.15, 0.2) is 35.6 Å². The average molecular weight is 394 g/mol. The first-order chi connectivity index (χ1) is 12.5.